The topological polar surface area (TPSA) is 87.1 Å². The third-order valence-corrected chi connectivity index (χ3v) is 8.61. The number of amides is 1. The van der Waals surface area contributed by atoms with Crippen LogP contribution < -0.4 is 10.2 Å². The number of benzene rings is 1. The van der Waals surface area contributed by atoms with Crippen molar-refractivity contribution in [1.82, 2.24) is 9.47 Å². The van der Waals surface area contributed by atoms with Gasteiger partial charge in [-0.2, -0.15) is 0 Å². The van der Waals surface area contributed by atoms with Gasteiger partial charge in [-0.25, -0.2) is 9.59 Å². The first-order valence-electron chi connectivity index (χ1n) is 13.5. The highest BCUT2D eigenvalue weighted by Gasteiger charge is 2.32. The molecule has 1 aromatic carbocycles. The zero-order valence-corrected chi connectivity index (χ0v) is 24.3. The lowest BCUT2D eigenvalue weighted by molar-refractivity contribution is 0.0210. The Labute approximate surface area is 232 Å². The predicted octanol–water partition coefficient (Wildman–Crippen LogP) is 5.97. The number of ether oxygens (including phenoxy) is 3. The molecule has 2 aliphatic rings. The van der Waals surface area contributed by atoms with Crippen LogP contribution in [-0.2, 0) is 22.3 Å². The van der Waals surface area contributed by atoms with Gasteiger partial charge in [-0.15, -0.1) is 11.3 Å². The summed E-state index contributed by atoms with van der Waals surface area (Å²) in [6.07, 6.45) is 5.80. The molecule has 1 atom stereocenters. The van der Waals surface area contributed by atoms with Gasteiger partial charge in [-0.3, -0.25) is 4.79 Å². The van der Waals surface area contributed by atoms with E-state index in [1.54, 1.807) is 42.5 Å². The summed E-state index contributed by atoms with van der Waals surface area (Å²) in [5.41, 5.74) is 2.03. The van der Waals surface area contributed by atoms with Crippen LogP contribution in [-0.4, -0.2) is 53.9 Å². The first kappa shape index (κ1) is 27.2. The van der Waals surface area contributed by atoms with E-state index >= 15 is 0 Å². The van der Waals surface area contributed by atoms with Crippen molar-refractivity contribution in [2.24, 2.45) is 0 Å². The van der Waals surface area contributed by atoms with Crippen molar-refractivity contribution in [2.75, 3.05) is 20.8 Å². The van der Waals surface area contributed by atoms with E-state index < -0.39 is 11.6 Å². The van der Waals surface area contributed by atoms with Crippen LogP contribution in [0.15, 0.2) is 29.2 Å². The van der Waals surface area contributed by atoms with Gasteiger partial charge in [0.05, 0.1) is 24.6 Å². The molecular weight excluding hydrogens is 516 g/mol. The molecule has 2 aromatic heterocycles. The van der Waals surface area contributed by atoms with E-state index in [-0.39, 0.29) is 35.8 Å². The number of likely N-dealkylation sites (N-methyl/N-ethyl adjacent to an activating group) is 1. The number of fused-ring (bicyclic) bond motifs is 2. The maximum absolute atomic E-state index is 13.3. The molecule has 1 amide bonds. The number of rotatable bonds is 6. The van der Waals surface area contributed by atoms with Crippen molar-refractivity contribution in [3.63, 3.8) is 0 Å². The Morgan fingerprint density at radius 1 is 1.18 bits per heavy atom. The number of carbonyl (C=O) groups excluding carboxylic acids is 2. The first-order valence-corrected chi connectivity index (χ1v) is 14.3. The maximum Gasteiger partial charge on any atom is 0.410 e. The molecule has 39 heavy (non-hydrogen) atoms. The molecule has 2 aliphatic carbocycles. The summed E-state index contributed by atoms with van der Waals surface area (Å²) in [5, 5.41) is 0.452. The van der Waals surface area contributed by atoms with Crippen molar-refractivity contribution in [1.29, 1.82) is 0 Å². The Kier molecular flexibility index (Phi) is 7.22. The summed E-state index contributed by atoms with van der Waals surface area (Å²) < 4.78 is 18.7. The molecule has 0 bridgehead atoms. The largest absolute Gasteiger partial charge is 0.494 e. The lowest BCUT2D eigenvalue weighted by Gasteiger charge is -2.32. The van der Waals surface area contributed by atoms with Crippen molar-refractivity contribution in [3.05, 3.63) is 50.6 Å². The summed E-state index contributed by atoms with van der Waals surface area (Å²) in [4.78, 5) is 42.6. The molecule has 8 nitrogen and oxygen atoms in total. The van der Waals surface area contributed by atoms with E-state index in [0.29, 0.717) is 16.7 Å². The number of carbonyl (C=O) groups is 2. The quantitative estimate of drug-likeness (QED) is 0.350. The number of nitrogens with zero attached hydrogens (tertiary/aromatic N) is 2. The second-order valence-corrected chi connectivity index (χ2v) is 12.5. The summed E-state index contributed by atoms with van der Waals surface area (Å²) in [6, 6.07) is 6.18. The highest BCUT2D eigenvalue weighted by atomic mass is 32.1. The van der Waals surface area contributed by atoms with E-state index in [2.05, 4.69) is 6.07 Å². The smallest absolute Gasteiger partial charge is 0.410 e. The number of thiophene rings is 1. The highest BCUT2D eigenvalue weighted by Crippen LogP contribution is 2.45. The minimum absolute atomic E-state index is 0.0535. The van der Waals surface area contributed by atoms with Crippen LogP contribution in [0.2, 0.25) is 0 Å². The maximum atomic E-state index is 13.3. The summed E-state index contributed by atoms with van der Waals surface area (Å²) in [7, 11) is 3.43. The minimum atomic E-state index is -0.598. The molecule has 0 spiro atoms. The lowest BCUT2D eigenvalue weighted by atomic mass is 9.93. The fraction of sp³-hybridized carbons (Fsp3) is 0.500. The monoisotopic (exact) mass is 552 g/mol. The van der Waals surface area contributed by atoms with E-state index in [1.165, 1.54) is 10.4 Å². The van der Waals surface area contributed by atoms with Crippen LogP contribution in [0.4, 0.5) is 4.79 Å². The van der Waals surface area contributed by atoms with Gasteiger partial charge in [-0.1, -0.05) is 0 Å². The molecule has 0 saturated heterocycles. The normalized spacial score (nSPS) is 17.0. The van der Waals surface area contributed by atoms with Crippen LogP contribution in [0.1, 0.15) is 73.8 Å². The van der Waals surface area contributed by atoms with E-state index in [4.69, 9.17) is 14.2 Å². The molecule has 1 unspecified atom stereocenters. The van der Waals surface area contributed by atoms with Gasteiger partial charge >= 0.3 is 12.1 Å². The van der Waals surface area contributed by atoms with Crippen LogP contribution >= 0.6 is 11.3 Å². The molecule has 0 radical (unpaired) electrons. The number of methoxy groups -OCH3 is 1. The van der Waals surface area contributed by atoms with Gasteiger partial charge in [0.2, 0.25) is 5.43 Å². The van der Waals surface area contributed by atoms with E-state index in [9.17, 15) is 14.4 Å². The van der Waals surface area contributed by atoms with Gasteiger partial charge in [0.25, 0.3) is 0 Å². The van der Waals surface area contributed by atoms with Gasteiger partial charge in [0.15, 0.2) is 5.75 Å². The fourth-order valence-corrected chi connectivity index (χ4v) is 6.50. The van der Waals surface area contributed by atoms with E-state index in [1.807, 2.05) is 38.5 Å². The summed E-state index contributed by atoms with van der Waals surface area (Å²) in [5.74, 6) is 0.0339. The summed E-state index contributed by atoms with van der Waals surface area (Å²) >= 11 is 1.73. The Bertz CT molecular complexity index is 1490. The third kappa shape index (κ3) is 5.29. The average molecular weight is 553 g/mol. The number of hydrogen-bond donors (Lipinski definition) is 0. The molecular formula is C30H36N2O6S. The molecule has 1 fully saturated rings. The molecule has 0 aliphatic heterocycles. The van der Waals surface area contributed by atoms with Crippen LogP contribution in [0, 0.1) is 0 Å². The second-order valence-electron chi connectivity index (χ2n) is 11.3. The van der Waals surface area contributed by atoms with Crippen LogP contribution in [0.5, 0.6) is 5.75 Å². The van der Waals surface area contributed by atoms with Crippen molar-refractivity contribution >= 4 is 34.3 Å². The van der Waals surface area contributed by atoms with Crippen LogP contribution in [0.3, 0.4) is 0 Å². The van der Waals surface area contributed by atoms with Crippen molar-refractivity contribution < 1.29 is 23.8 Å². The zero-order valence-electron chi connectivity index (χ0n) is 23.5. The second kappa shape index (κ2) is 10.3. The predicted molar refractivity (Wildman–Crippen MR) is 152 cm³/mol. The Balaban J connectivity index is 1.52. The van der Waals surface area contributed by atoms with E-state index in [0.717, 1.165) is 42.5 Å². The fourth-order valence-electron chi connectivity index (χ4n) is 5.26. The molecule has 2 heterocycles. The molecule has 3 aromatic rings. The Morgan fingerprint density at radius 3 is 2.56 bits per heavy atom. The molecule has 0 N–H and O–H groups in total. The number of aromatic nitrogens is 1. The van der Waals surface area contributed by atoms with Crippen molar-refractivity contribution in [2.45, 2.75) is 77.5 Å². The Morgan fingerprint density at radius 2 is 1.92 bits per heavy atom. The SMILES string of the molecule is CCOC(=O)c1cn(C2CC2)c2c(OC)c(-c3cc4c(s3)CCC(N(C)C(=O)OC(C)(C)C)C4)ccc2c1=O. The third-order valence-electron chi connectivity index (χ3n) is 7.34. The lowest BCUT2D eigenvalue weighted by Crippen LogP contribution is -2.43. The Hall–Kier alpha value is -3.33. The first-order chi connectivity index (χ1) is 18.5. The van der Waals surface area contributed by atoms with Gasteiger partial charge in [0.1, 0.15) is 11.2 Å². The highest BCUT2D eigenvalue weighted by molar-refractivity contribution is 7.15. The standard InChI is InChI=1S/C30H36N2O6S/c1-7-37-28(34)22-16-32(18-8-9-18)25-21(26(22)33)12-11-20(27(25)36-6)24-15-17-14-19(10-13-23(17)39-24)31(5)29(35)38-30(2,3)4/h11-12,15-16,18-19H,7-10,13-14H2,1-6H3. The van der Waals surface area contributed by atoms with Crippen molar-refractivity contribution in [3.8, 4) is 16.2 Å². The number of pyridine rings is 1. The summed E-state index contributed by atoms with van der Waals surface area (Å²) in [6.45, 7) is 7.56. The number of hydrogen-bond acceptors (Lipinski definition) is 7. The van der Waals surface area contributed by atoms with Gasteiger partial charge < -0.3 is 23.7 Å². The average Bonchev–Trinajstić information content (AvgIpc) is 3.64. The zero-order chi connectivity index (χ0) is 28.1. The molecule has 5 rings (SSSR count). The number of esters is 1. The number of aryl methyl sites for hydroxylation is 1. The molecule has 1 saturated carbocycles. The molecule has 208 valence electrons. The minimum Gasteiger partial charge on any atom is -0.494 e. The van der Waals surface area contributed by atoms with Gasteiger partial charge in [0, 0.05) is 40.6 Å². The van der Waals surface area contributed by atoms with Gasteiger partial charge in [-0.05, 0) is 83.6 Å². The molecule has 9 heteroatoms. The van der Waals surface area contributed by atoms with Crippen LogP contribution in [0.25, 0.3) is 21.3 Å².